The van der Waals surface area contributed by atoms with E-state index in [0.29, 0.717) is 25.9 Å². The second-order valence-corrected chi connectivity index (χ2v) is 9.94. The van der Waals surface area contributed by atoms with Crippen LogP contribution in [0.3, 0.4) is 0 Å². The molecule has 7 nitrogen and oxygen atoms in total. The molecule has 37 heavy (non-hydrogen) atoms. The van der Waals surface area contributed by atoms with E-state index in [1.54, 1.807) is 13.3 Å². The van der Waals surface area contributed by atoms with E-state index in [1.807, 2.05) is 65.7 Å². The number of hydrogen-bond acceptors (Lipinski definition) is 5. The largest absolute Gasteiger partial charge is 0.497 e. The summed E-state index contributed by atoms with van der Waals surface area (Å²) < 4.78 is 5.37. The summed E-state index contributed by atoms with van der Waals surface area (Å²) in [6.07, 6.45) is 6.37. The fourth-order valence-corrected chi connectivity index (χ4v) is 5.55. The highest BCUT2D eigenvalue weighted by atomic mass is 16.5. The fourth-order valence-electron chi connectivity index (χ4n) is 5.55. The van der Waals surface area contributed by atoms with Gasteiger partial charge in [-0.2, -0.15) is 0 Å². The fraction of sp³-hybridized carbons (Fsp3) is 0.367. The molecule has 2 fully saturated rings. The van der Waals surface area contributed by atoms with E-state index in [1.165, 1.54) is 10.5 Å². The number of benzene rings is 2. The number of methoxy groups -OCH3 is 1. The summed E-state index contributed by atoms with van der Waals surface area (Å²) in [5.74, 6) is 0.805. The van der Waals surface area contributed by atoms with Gasteiger partial charge in [-0.1, -0.05) is 48.5 Å². The Morgan fingerprint density at radius 2 is 1.65 bits per heavy atom. The van der Waals surface area contributed by atoms with Gasteiger partial charge in [-0.3, -0.25) is 19.6 Å². The smallest absolute Gasteiger partial charge is 0.327 e. The van der Waals surface area contributed by atoms with Gasteiger partial charge in [0.25, 0.3) is 5.91 Å². The van der Waals surface area contributed by atoms with Crippen molar-refractivity contribution in [3.8, 4) is 5.75 Å². The van der Waals surface area contributed by atoms with E-state index in [2.05, 4.69) is 22.0 Å². The second-order valence-electron chi connectivity index (χ2n) is 9.94. The maximum atomic E-state index is 13.9. The molecule has 0 N–H and O–H groups in total. The minimum absolute atomic E-state index is 0.0411. The van der Waals surface area contributed by atoms with Crippen LogP contribution in [0.5, 0.6) is 5.75 Å². The Kier molecular flexibility index (Phi) is 7.51. The average molecular weight is 499 g/mol. The molecule has 0 atom stereocenters. The Balaban J connectivity index is 1.31. The lowest BCUT2D eigenvalue weighted by Crippen LogP contribution is -2.56. The Morgan fingerprint density at radius 1 is 0.892 bits per heavy atom. The first-order chi connectivity index (χ1) is 18.1. The first-order valence-electron chi connectivity index (χ1n) is 13.0. The Bertz CT molecular complexity index is 1210. The van der Waals surface area contributed by atoms with Crippen molar-refractivity contribution in [1.29, 1.82) is 0 Å². The molecule has 2 aliphatic heterocycles. The number of hydrogen-bond donors (Lipinski definition) is 0. The Labute approximate surface area is 218 Å². The number of urea groups is 1. The predicted molar refractivity (Wildman–Crippen MR) is 142 cm³/mol. The van der Waals surface area contributed by atoms with Crippen molar-refractivity contribution in [3.05, 3.63) is 95.8 Å². The van der Waals surface area contributed by atoms with Crippen molar-refractivity contribution in [3.63, 3.8) is 0 Å². The van der Waals surface area contributed by atoms with Crippen LogP contribution < -0.4 is 4.74 Å². The van der Waals surface area contributed by atoms with Crippen LogP contribution in [-0.2, 0) is 24.3 Å². The summed E-state index contributed by atoms with van der Waals surface area (Å²) in [5.41, 5.74) is 2.55. The van der Waals surface area contributed by atoms with E-state index in [0.717, 1.165) is 49.4 Å². The number of carbonyl (C=O) groups is 2. The van der Waals surface area contributed by atoms with Crippen molar-refractivity contribution in [2.24, 2.45) is 0 Å². The quantitative estimate of drug-likeness (QED) is 0.406. The summed E-state index contributed by atoms with van der Waals surface area (Å²) in [6.45, 7) is 3.17. The number of pyridine rings is 1. The number of nitrogens with zero attached hydrogens (tertiary/aromatic N) is 4. The number of aryl methyl sites for hydroxylation is 1. The van der Waals surface area contributed by atoms with Crippen LogP contribution in [0.1, 0.15) is 36.0 Å². The third-order valence-electron chi connectivity index (χ3n) is 7.60. The summed E-state index contributed by atoms with van der Waals surface area (Å²) in [7, 11) is 1.68. The number of ether oxygens (including phenoxy) is 1. The van der Waals surface area contributed by atoms with Crippen molar-refractivity contribution in [2.45, 2.75) is 44.3 Å². The summed E-state index contributed by atoms with van der Waals surface area (Å²) in [6, 6.07) is 21.9. The van der Waals surface area contributed by atoms with E-state index in [4.69, 9.17) is 4.74 Å². The number of aromatic nitrogens is 1. The van der Waals surface area contributed by atoms with Gasteiger partial charge in [-0.05, 0) is 60.6 Å². The molecule has 1 spiro atoms. The minimum Gasteiger partial charge on any atom is -0.497 e. The molecule has 2 aromatic carbocycles. The van der Waals surface area contributed by atoms with Crippen LogP contribution in [0.15, 0.2) is 79.1 Å². The Morgan fingerprint density at radius 3 is 2.38 bits per heavy atom. The van der Waals surface area contributed by atoms with Gasteiger partial charge < -0.3 is 9.64 Å². The monoisotopic (exact) mass is 498 g/mol. The lowest BCUT2D eigenvalue weighted by atomic mass is 9.85. The third-order valence-corrected chi connectivity index (χ3v) is 7.60. The predicted octanol–water partition coefficient (Wildman–Crippen LogP) is 4.52. The van der Waals surface area contributed by atoms with Gasteiger partial charge in [0.2, 0.25) is 0 Å². The molecule has 2 aliphatic rings. The molecule has 3 aromatic rings. The highest BCUT2D eigenvalue weighted by molar-refractivity contribution is 6.07. The van der Waals surface area contributed by atoms with E-state index in [-0.39, 0.29) is 11.9 Å². The topological polar surface area (TPSA) is 66.0 Å². The molecular weight excluding hydrogens is 464 g/mol. The molecule has 1 aromatic heterocycles. The molecular formula is C30H34N4O3. The molecule has 0 unspecified atom stereocenters. The average Bonchev–Trinajstić information content (AvgIpc) is 3.12. The zero-order valence-electron chi connectivity index (χ0n) is 21.4. The van der Waals surface area contributed by atoms with Crippen molar-refractivity contribution >= 4 is 11.9 Å². The maximum absolute atomic E-state index is 13.9. The van der Waals surface area contributed by atoms with Crippen LogP contribution in [0.2, 0.25) is 0 Å². The molecule has 0 aliphatic carbocycles. The normalized spacial score (nSPS) is 17.5. The molecule has 2 saturated heterocycles. The van der Waals surface area contributed by atoms with Gasteiger partial charge in [0.1, 0.15) is 11.3 Å². The summed E-state index contributed by atoms with van der Waals surface area (Å²) in [4.78, 5) is 37.4. The number of piperidine rings is 1. The minimum atomic E-state index is -0.786. The van der Waals surface area contributed by atoms with Crippen LogP contribution in [0.4, 0.5) is 4.79 Å². The molecule has 3 amide bonds. The highest BCUT2D eigenvalue weighted by Crippen LogP contribution is 2.39. The molecule has 0 saturated carbocycles. The lowest BCUT2D eigenvalue weighted by Gasteiger charge is -2.42. The summed E-state index contributed by atoms with van der Waals surface area (Å²) >= 11 is 0. The Hall–Kier alpha value is -3.71. The number of likely N-dealkylation sites (tertiary alicyclic amines) is 1. The van der Waals surface area contributed by atoms with Crippen LogP contribution in [-0.4, -0.2) is 63.9 Å². The second kappa shape index (κ2) is 11.1. The van der Waals surface area contributed by atoms with Gasteiger partial charge in [0.05, 0.1) is 7.11 Å². The van der Waals surface area contributed by atoms with E-state index >= 15 is 0 Å². The molecule has 0 radical (unpaired) electrons. The van der Waals surface area contributed by atoms with Gasteiger partial charge >= 0.3 is 6.03 Å². The lowest BCUT2D eigenvalue weighted by molar-refractivity contribution is -0.136. The van der Waals surface area contributed by atoms with Crippen molar-refractivity contribution in [2.75, 3.05) is 26.7 Å². The number of imide groups is 1. The van der Waals surface area contributed by atoms with Crippen LogP contribution in [0, 0.1) is 0 Å². The van der Waals surface area contributed by atoms with Gasteiger partial charge in [0, 0.05) is 45.1 Å². The van der Waals surface area contributed by atoms with Gasteiger partial charge in [-0.15, -0.1) is 0 Å². The van der Waals surface area contributed by atoms with E-state index in [9.17, 15) is 9.59 Å². The molecule has 7 heteroatoms. The van der Waals surface area contributed by atoms with E-state index < -0.39 is 5.54 Å². The SMILES string of the molecule is COc1cccc(CN2CCC3(CC2)C(=O)N(CCCc2cccnc2)C(=O)N3Cc2ccccc2)c1. The molecule has 5 rings (SSSR count). The zero-order valence-corrected chi connectivity index (χ0v) is 21.4. The van der Waals surface area contributed by atoms with Crippen LogP contribution >= 0.6 is 0 Å². The van der Waals surface area contributed by atoms with Gasteiger partial charge in [0.15, 0.2) is 0 Å². The molecule has 192 valence electrons. The highest BCUT2D eigenvalue weighted by Gasteiger charge is 2.57. The van der Waals surface area contributed by atoms with Crippen LogP contribution in [0.25, 0.3) is 0 Å². The van der Waals surface area contributed by atoms with Gasteiger partial charge in [-0.25, -0.2) is 4.79 Å². The first kappa shape index (κ1) is 25.0. The summed E-state index contributed by atoms with van der Waals surface area (Å²) in [5, 5.41) is 0. The maximum Gasteiger partial charge on any atom is 0.327 e. The van der Waals surface area contributed by atoms with Crippen molar-refractivity contribution < 1.29 is 14.3 Å². The number of amides is 3. The number of carbonyl (C=O) groups excluding carboxylic acids is 2. The number of rotatable bonds is 9. The zero-order chi connectivity index (χ0) is 25.7. The molecule has 0 bridgehead atoms. The third kappa shape index (κ3) is 5.37. The first-order valence-corrected chi connectivity index (χ1v) is 13.0. The standard InChI is InChI=1S/C30H34N4O3/c1-37-27-13-5-10-26(20-27)22-32-18-14-30(15-19-32)28(35)33(17-7-12-24-11-6-16-31-21-24)29(36)34(30)23-25-8-3-2-4-9-25/h2-6,8-11,13,16,20-21H,7,12,14-15,17-19,22-23H2,1H3. The van der Waals surface area contributed by atoms with Crippen molar-refractivity contribution in [1.82, 2.24) is 19.7 Å². The molecule has 3 heterocycles.